The molecule has 0 heterocycles. The van der Waals surface area contributed by atoms with Gasteiger partial charge in [0.25, 0.3) is 0 Å². The molecule has 2 atom stereocenters. The molecule has 0 amide bonds. The highest BCUT2D eigenvalue weighted by molar-refractivity contribution is 9.10. The molecular formula is C21H21BrO2. The Morgan fingerprint density at radius 2 is 1.83 bits per heavy atom. The van der Waals surface area contributed by atoms with Crippen molar-refractivity contribution in [3.05, 3.63) is 81.8 Å². The number of carbonyl (C=O) groups excluding carboxylic acids is 1. The van der Waals surface area contributed by atoms with Crippen molar-refractivity contribution in [2.24, 2.45) is 5.92 Å². The summed E-state index contributed by atoms with van der Waals surface area (Å²) in [4.78, 5) is 12.6. The summed E-state index contributed by atoms with van der Waals surface area (Å²) < 4.78 is 6.14. The van der Waals surface area contributed by atoms with E-state index < -0.39 is 5.41 Å². The summed E-state index contributed by atoms with van der Waals surface area (Å²) in [5, 5.41) is 0. The second-order valence-electron chi connectivity index (χ2n) is 6.21. The van der Waals surface area contributed by atoms with E-state index in [-0.39, 0.29) is 11.9 Å². The van der Waals surface area contributed by atoms with E-state index in [9.17, 15) is 4.79 Å². The number of methoxy groups -OCH3 is 1. The van der Waals surface area contributed by atoms with Gasteiger partial charge in [-0.3, -0.25) is 4.79 Å². The molecule has 0 spiro atoms. The predicted molar refractivity (Wildman–Crippen MR) is 99.8 cm³/mol. The average molecular weight is 385 g/mol. The Labute approximate surface area is 151 Å². The number of carbonyl (C=O) groups is 1. The number of halogens is 1. The molecule has 2 aromatic carbocycles. The molecule has 1 fully saturated rings. The molecule has 0 aliphatic heterocycles. The summed E-state index contributed by atoms with van der Waals surface area (Å²) >= 11 is 3.45. The highest BCUT2D eigenvalue weighted by atomic mass is 79.9. The van der Waals surface area contributed by atoms with Gasteiger partial charge in [-0.2, -0.15) is 0 Å². The Hall–Kier alpha value is -1.87. The molecule has 0 N–H and O–H groups in total. The zero-order chi connectivity index (χ0) is 17.2. The number of allylic oxidation sites excluding steroid dienone is 1. The minimum Gasteiger partial charge on any atom is -0.468 e. The molecule has 1 saturated carbocycles. The molecule has 2 aromatic rings. The smallest absolute Gasteiger partial charge is 0.321 e. The third-order valence-corrected chi connectivity index (χ3v) is 5.46. The van der Waals surface area contributed by atoms with Crippen LogP contribution in [-0.2, 0) is 21.4 Å². The third kappa shape index (κ3) is 2.93. The van der Waals surface area contributed by atoms with Crippen molar-refractivity contribution >= 4 is 21.9 Å². The summed E-state index contributed by atoms with van der Waals surface area (Å²) in [6.45, 7) is 2.10. The highest BCUT2D eigenvalue weighted by Crippen LogP contribution is 2.60. The summed E-state index contributed by atoms with van der Waals surface area (Å²) in [7, 11) is 1.47. The third-order valence-electron chi connectivity index (χ3n) is 4.94. The number of esters is 1. The monoisotopic (exact) mass is 384 g/mol. The number of hydrogen-bond donors (Lipinski definition) is 0. The predicted octanol–water partition coefficient (Wildman–Crippen LogP) is 5.07. The maximum atomic E-state index is 12.6. The van der Waals surface area contributed by atoms with Crippen molar-refractivity contribution in [3.63, 3.8) is 0 Å². The lowest BCUT2D eigenvalue weighted by atomic mass is 9.92. The largest absolute Gasteiger partial charge is 0.468 e. The fourth-order valence-corrected chi connectivity index (χ4v) is 3.85. The van der Waals surface area contributed by atoms with Crippen LogP contribution in [0.5, 0.6) is 0 Å². The Balaban J connectivity index is 1.84. The van der Waals surface area contributed by atoms with Crippen LogP contribution in [-0.4, -0.2) is 13.1 Å². The summed E-state index contributed by atoms with van der Waals surface area (Å²) in [6, 6.07) is 18.4. The molecule has 0 bridgehead atoms. The Kier molecular flexibility index (Phi) is 4.91. The van der Waals surface area contributed by atoms with Crippen molar-refractivity contribution < 1.29 is 9.53 Å². The molecule has 2 nitrogen and oxygen atoms in total. The second-order valence-corrected chi connectivity index (χ2v) is 7.13. The van der Waals surface area contributed by atoms with Gasteiger partial charge in [0, 0.05) is 10.4 Å². The fourth-order valence-electron chi connectivity index (χ4n) is 3.59. The molecule has 0 aromatic heterocycles. The van der Waals surface area contributed by atoms with Crippen LogP contribution < -0.4 is 0 Å². The van der Waals surface area contributed by atoms with Gasteiger partial charge in [0.1, 0.15) is 5.41 Å². The van der Waals surface area contributed by atoms with Crippen molar-refractivity contribution in [2.75, 3.05) is 7.11 Å². The zero-order valence-corrected chi connectivity index (χ0v) is 15.5. The van der Waals surface area contributed by atoms with Crippen molar-refractivity contribution in [1.29, 1.82) is 0 Å². The fraction of sp³-hybridized carbons (Fsp3) is 0.286. The van der Waals surface area contributed by atoms with Crippen molar-refractivity contribution in [3.8, 4) is 0 Å². The Morgan fingerprint density at radius 1 is 1.17 bits per heavy atom. The van der Waals surface area contributed by atoms with E-state index in [2.05, 4.69) is 53.2 Å². The maximum absolute atomic E-state index is 12.6. The minimum atomic E-state index is -0.605. The quantitative estimate of drug-likeness (QED) is 0.531. The van der Waals surface area contributed by atoms with Crippen LogP contribution in [0, 0.1) is 5.92 Å². The second kappa shape index (κ2) is 6.94. The molecular weight excluding hydrogens is 364 g/mol. The molecule has 1 unspecified atom stereocenters. The number of rotatable bonds is 5. The van der Waals surface area contributed by atoms with E-state index in [1.807, 2.05) is 30.3 Å². The molecule has 24 heavy (non-hydrogen) atoms. The molecule has 1 aliphatic rings. The van der Waals surface area contributed by atoms with Crippen LogP contribution in [0.1, 0.15) is 24.5 Å². The molecule has 1 aliphatic carbocycles. The number of ether oxygens (including phenoxy) is 1. The lowest BCUT2D eigenvalue weighted by molar-refractivity contribution is -0.143. The van der Waals surface area contributed by atoms with Crippen LogP contribution in [0.3, 0.4) is 0 Å². The molecule has 124 valence electrons. The Bertz CT molecular complexity index is 749. The lowest BCUT2D eigenvalue weighted by Crippen LogP contribution is -2.24. The van der Waals surface area contributed by atoms with Gasteiger partial charge in [-0.05, 0) is 41.7 Å². The van der Waals surface area contributed by atoms with E-state index in [1.165, 1.54) is 18.2 Å². The zero-order valence-electron chi connectivity index (χ0n) is 14.0. The summed E-state index contributed by atoms with van der Waals surface area (Å²) in [5.41, 5.74) is 2.89. The first-order valence-electron chi connectivity index (χ1n) is 8.19. The van der Waals surface area contributed by atoms with Crippen molar-refractivity contribution in [1.82, 2.24) is 0 Å². The first kappa shape index (κ1) is 17.0. The first-order valence-corrected chi connectivity index (χ1v) is 8.99. The summed E-state index contributed by atoms with van der Waals surface area (Å²) in [5.74, 6) is 0.0187. The van der Waals surface area contributed by atoms with Gasteiger partial charge >= 0.3 is 5.97 Å². The van der Waals surface area contributed by atoms with Gasteiger partial charge in [-0.15, -0.1) is 0 Å². The van der Waals surface area contributed by atoms with Gasteiger partial charge in [0.15, 0.2) is 0 Å². The molecule has 0 radical (unpaired) electrons. The summed E-state index contributed by atoms with van der Waals surface area (Å²) in [6.07, 6.45) is 4.13. The van der Waals surface area contributed by atoms with Crippen LogP contribution in [0.15, 0.2) is 70.7 Å². The van der Waals surface area contributed by atoms with Crippen LogP contribution >= 0.6 is 15.9 Å². The number of hydrogen-bond acceptors (Lipinski definition) is 2. The first-order chi connectivity index (χ1) is 11.6. The van der Waals surface area contributed by atoms with Gasteiger partial charge in [-0.25, -0.2) is 0 Å². The number of aryl methyl sites for hydroxylation is 1. The normalized spacial score (nSPS) is 24.0. The van der Waals surface area contributed by atoms with Gasteiger partial charge in [0.2, 0.25) is 0 Å². The minimum absolute atomic E-state index is 0.164. The van der Waals surface area contributed by atoms with E-state index in [4.69, 9.17) is 4.74 Å². The van der Waals surface area contributed by atoms with Gasteiger partial charge in [-0.1, -0.05) is 71.4 Å². The van der Waals surface area contributed by atoms with Crippen molar-refractivity contribution in [2.45, 2.75) is 25.2 Å². The number of benzene rings is 2. The van der Waals surface area contributed by atoms with E-state index in [1.54, 1.807) is 0 Å². The van der Waals surface area contributed by atoms with Crippen LogP contribution in [0.25, 0.3) is 0 Å². The average Bonchev–Trinajstić information content (AvgIpc) is 3.21. The molecule has 3 heteroatoms. The highest BCUT2D eigenvalue weighted by Gasteiger charge is 2.64. The SMILES string of the molecule is COC(=O)[C@]1(c2ccc(Br)cc2)/C(=C/CCc2ccccc2)C1C. The maximum Gasteiger partial charge on any atom is 0.321 e. The standard InChI is InChI=1S/C21H21BrO2/c1-15-19(10-6-9-16-7-4-3-5-8-16)21(15,20(23)24-2)17-11-13-18(22)14-12-17/h3-5,7-8,10-15H,6,9H2,1-2H3/b19-10+/t15?,21-/m1/s1. The van der Waals surface area contributed by atoms with E-state index in [0.29, 0.717) is 0 Å². The lowest BCUT2D eigenvalue weighted by Gasteiger charge is -2.14. The van der Waals surface area contributed by atoms with E-state index in [0.717, 1.165) is 22.9 Å². The van der Waals surface area contributed by atoms with Gasteiger partial charge in [0.05, 0.1) is 7.11 Å². The molecule has 0 saturated heterocycles. The van der Waals surface area contributed by atoms with Gasteiger partial charge < -0.3 is 4.74 Å². The molecule has 3 rings (SSSR count). The topological polar surface area (TPSA) is 26.3 Å². The van der Waals surface area contributed by atoms with Crippen LogP contribution in [0.4, 0.5) is 0 Å². The van der Waals surface area contributed by atoms with Crippen LogP contribution in [0.2, 0.25) is 0 Å². The van der Waals surface area contributed by atoms with E-state index >= 15 is 0 Å². The Morgan fingerprint density at radius 3 is 2.46 bits per heavy atom.